The van der Waals surface area contributed by atoms with Crippen molar-refractivity contribution in [1.82, 2.24) is 14.8 Å². The van der Waals surface area contributed by atoms with Crippen LogP contribution in [0, 0.1) is 5.92 Å². The standard InChI is InChI=1S/C31H43N5O3/c32-31-34-27-21-33-29(39-26-14-8-3-9-15-26)20-24(27)22-36(31)28(23-10-4-1-5-11-23)16-17-30(38)35(18-19-37)25-12-6-2-7-13-25/h3,8-9,14-15,20-21,23,25,28,37H,1-2,4-7,10-13,16-19,22H2,(H2,32,34)/t28-/m0/s1. The van der Waals surface area contributed by atoms with E-state index < -0.39 is 0 Å². The number of nitrogens with two attached hydrogens (primary N) is 1. The van der Waals surface area contributed by atoms with Crippen LogP contribution in [0.4, 0.5) is 5.69 Å². The van der Waals surface area contributed by atoms with E-state index in [2.05, 4.69) is 9.88 Å². The van der Waals surface area contributed by atoms with Crippen molar-refractivity contribution in [3.63, 3.8) is 0 Å². The SMILES string of the molecule is NC1=Nc2cnc(Oc3ccccc3)cc2CN1[C@@H](CCC(=O)N(CCO)C1CCCCC1)C1CCCCC1. The molecule has 3 aliphatic rings. The van der Waals surface area contributed by atoms with Gasteiger partial charge in [-0.1, -0.05) is 56.7 Å². The third kappa shape index (κ3) is 6.90. The molecule has 1 aromatic heterocycles. The minimum Gasteiger partial charge on any atom is -0.439 e. The van der Waals surface area contributed by atoms with Crippen LogP contribution in [-0.4, -0.2) is 57.0 Å². The quantitative estimate of drug-likeness (QED) is 0.417. The first kappa shape index (κ1) is 27.4. The summed E-state index contributed by atoms with van der Waals surface area (Å²) in [6.07, 6.45) is 14.6. The van der Waals surface area contributed by atoms with Crippen LogP contribution < -0.4 is 10.5 Å². The predicted octanol–water partition coefficient (Wildman–Crippen LogP) is 5.52. The minimum atomic E-state index is 0.0121. The zero-order valence-electron chi connectivity index (χ0n) is 23.0. The van der Waals surface area contributed by atoms with Crippen LogP contribution in [-0.2, 0) is 11.3 Å². The van der Waals surface area contributed by atoms with E-state index in [1.54, 1.807) is 6.20 Å². The van der Waals surface area contributed by atoms with E-state index in [9.17, 15) is 9.90 Å². The maximum Gasteiger partial charge on any atom is 0.222 e. The number of aliphatic hydroxyl groups excluding tert-OH is 1. The zero-order chi connectivity index (χ0) is 27.0. The van der Waals surface area contributed by atoms with Crippen molar-refractivity contribution in [2.75, 3.05) is 13.2 Å². The van der Waals surface area contributed by atoms with Gasteiger partial charge in [0, 0.05) is 43.2 Å². The Kier molecular flexibility index (Phi) is 9.35. The minimum absolute atomic E-state index is 0.0121. The molecule has 0 spiro atoms. The molecule has 2 heterocycles. The van der Waals surface area contributed by atoms with Gasteiger partial charge >= 0.3 is 0 Å². The summed E-state index contributed by atoms with van der Waals surface area (Å²) in [7, 11) is 0. The monoisotopic (exact) mass is 533 g/mol. The van der Waals surface area contributed by atoms with Gasteiger partial charge in [0.15, 0.2) is 5.96 Å². The van der Waals surface area contributed by atoms with E-state index in [0.717, 1.165) is 61.9 Å². The molecule has 3 N–H and O–H groups in total. The molecule has 8 nitrogen and oxygen atoms in total. The molecule has 0 bridgehead atoms. The molecule has 0 saturated heterocycles. The van der Waals surface area contributed by atoms with Crippen molar-refractivity contribution in [3.8, 4) is 11.6 Å². The Morgan fingerprint density at radius 3 is 2.51 bits per heavy atom. The number of ether oxygens (including phenoxy) is 1. The fraction of sp³-hybridized carbons (Fsp3) is 0.581. The number of pyridine rings is 1. The fourth-order valence-electron chi connectivity index (χ4n) is 6.69. The first-order chi connectivity index (χ1) is 19.1. The van der Waals surface area contributed by atoms with Gasteiger partial charge in [-0.25, -0.2) is 9.98 Å². The van der Waals surface area contributed by atoms with Gasteiger partial charge in [0.25, 0.3) is 0 Å². The lowest BCUT2D eigenvalue weighted by Crippen LogP contribution is -2.50. The summed E-state index contributed by atoms with van der Waals surface area (Å²) in [6.45, 7) is 1.06. The Bertz CT molecular complexity index is 1110. The average molecular weight is 534 g/mol. The molecule has 39 heavy (non-hydrogen) atoms. The molecule has 1 atom stereocenters. The van der Waals surface area contributed by atoms with Gasteiger partial charge in [-0.15, -0.1) is 0 Å². The Labute approximate surface area is 232 Å². The zero-order valence-corrected chi connectivity index (χ0v) is 23.0. The van der Waals surface area contributed by atoms with Crippen LogP contribution in [0.1, 0.15) is 82.6 Å². The predicted molar refractivity (Wildman–Crippen MR) is 153 cm³/mol. The second-order valence-corrected chi connectivity index (χ2v) is 11.3. The topological polar surface area (TPSA) is 104 Å². The Balaban J connectivity index is 1.32. The second kappa shape index (κ2) is 13.3. The van der Waals surface area contributed by atoms with Crippen molar-refractivity contribution in [2.45, 2.75) is 95.7 Å². The fourth-order valence-corrected chi connectivity index (χ4v) is 6.69. The Morgan fingerprint density at radius 1 is 1.08 bits per heavy atom. The number of benzene rings is 1. The van der Waals surface area contributed by atoms with Crippen LogP contribution in [0.5, 0.6) is 11.6 Å². The van der Waals surface area contributed by atoms with Crippen LogP contribution in [0.25, 0.3) is 0 Å². The summed E-state index contributed by atoms with van der Waals surface area (Å²) in [5.74, 6) is 2.41. The van der Waals surface area contributed by atoms with Crippen molar-refractivity contribution in [3.05, 3.63) is 48.2 Å². The summed E-state index contributed by atoms with van der Waals surface area (Å²) < 4.78 is 5.99. The van der Waals surface area contributed by atoms with Gasteiger partial charge in [-0.05, 0) is 50.2 Å². The number of para-hydroxylation sites is 1. The first-order valence-corrected chi connectivity index (χ1v) is 14.9. The highest BCUT2D eigenvalue weighted by Crippen LogP contribution is 2.36. The van der Waals surface area contributed by atoms with E-state index in [-0.39, 0.29) is 24.6 Å². The molecule has 2 saturated carbocycles. The maximum absolute atomic E-state index is 13.5. The van der Waals surface area contributed by atoms with Crippen molar-refractivity contribution >= 4 is 17.6 Å². The third-order valence-corrected chi connectivity index (χ3v) is 8.70. The normalized spacial score (nSPS) is 19.2. The molecule has 0 unspecified atom stereocenters. The van der Waals surface area contributed by atoms with Crippen molar-refractivity contribution in [1.29, 1.82) is 0 Å². The highest BCUT2D eigenvalue weighted by atomic mass is 16.5. The molecule has 2 aromatic rings. The molecule has 1 aliphatic heterocycles. The van der Waals surface area contributed by atoms with E-state index in [0.29, 0.717) is 37.3 Å². The summed E-state index contributed by atoms with van der Waals surface area (Å²) in [5, 5.41) is 9.69. The number of aliphatic hydroxyl groups is 1. The molecule has 210 valence electrons. The number of aliphatic imine (C=N–C) groups is 1. The van der Waals surface area contributed by atoms with E-state index in [4.69, 9.17) is 15.5 Å². The number of fused-ring (bicyclic) bond motifs is 1. The summed E-state index contributed by atoms with van der Waals surface area (Å²) in [4.78, 5) is 26.9. The molecule has 1 amide bonds. The molecule has 8 heteroatoms. The third-order valence-electron chi connectivity index (χ3n) is 8.70. The lowest BCUT2D eigenvalue weighted by atomic mass is 9.81. The van der Waals surface area contributed by atoms with Crippen molar-refractivity contribution in [2.24, 2.45) is 16.6 Å². The van der Waals surface area contributed by atoms with Crippen LogP contribution in [0.15, 0.2) is 47.6 Å². The number of carbonyl (C=O) groups excluding carboxylic acids is 1. The first-order valence-electron chi connectivity index (χ1n) is 14.9. The molecular formula is C31H43N5O3. The molecule has 2 fully saturated rings. The molecule has 1 aromatic carbocycles. The van der Waals surface area contributed by atoms with Crippen molar-refractivity contribution < 1.29 is 14.6 Å². The van der Waals surface area contributed by atoms with Gasteiger partial charge in [0.2, 0.25) is 11.8 Å². The van der Waals surface area contributed by atoms with Crippen LogP contribution in [0.2, 0.25) is 0 Å². The highest BCUT2D eigenvalue weighted by molar-refractivity contribution is 5.84. The molecule has 2 aliphatic carbocycles. The number of rotatable bonds is 10. The Morgan fingerprint density at radius 2 is 1.79 bits per heavy atom. The molecule has 5 rings (SSSR count). The van der Waals surface area contributed by atoms with Gasteiger partial charge in [0.1, 0.15) is 5.75 Å². The second-order valence-electron chi connectivity index (χ2n) is 11.3. The van der Waals surface area contributed by atoms with E-state index >= 15 is 0 Å². The van der Waals surface area contributed by atoms with E-state index in [1.807, 2.05) is 41.3 Å². The summed E-state index contributed by atoms with van der Waals surface area (Å²) >= 11 is 0. The number of hydrogen-bond acceptors (Lipinski definition) is 7. The van der Waals surface area contributed by atoms with Crippen LogP contribution >= 0.6 is 0 Å². The van der Waals surface area contributed by atoms with Crippen LogP contribution in [0.3, 0.4) is 0 Å². The van der Waals surface area contributed by atoms with Gasteiger partial charge < -0.3 is 25.4 Å². The number of aromatic nitrogens is 1. The lowest BCUT2D eigenvalue weighted by molar-refractivity contribution is -0.135. The number of amides is 1. The number of guanidine groups is 1. The number of nitrogens with zero attached hydrogens (tertiary/aromatic N) is 4. The lowest BCUT2D eigenvalue weighted by Gasteiger charge is -2.41. The summed E-state index contributed by atoms with van der Waals surface area (Å²) in [5.41, 5.74) is 8.38. The highest BCUT2D eigenvalue weighted by Gasteiger charge is 2.34. The number of carbonyl (C=O) groups is 1. The number of hydrogen-bond donors (Lipinski definition) is 2. The Hall–Kier alpha value is -3.13. The van der Waals surface area contributed by atoms with Gasteiger partial charge in [-0.3, -0.25) is 4.79 Å². The largest absolute Gasteiger partial charge is 0.439 e. The van der Waals surface area contributed by atoms with Gasteiger partial charge in [-0.2, -0.15) is 0 Å². The maximum atomic E-state index is 13.5. The summed E-state index contributed by atoms with van der Waals surface area (Å²) in [6, 6.07) is 12.0. The molecular weight excluding hydrogens is 490 g/mol. The smallest absolute Gasteiger partial charge is 0.222 e. The van der Waals surface area contributed by atoms with Gasteiger partial charge in [0.05, 0.1) is 18.5 Å². The molecule has 0 radical (unpaired) electrons. The average Bonchev–Trinajstić information content (AvgIpc) is 2.98. The van der Waals surface area contributed by atoms with E-state index in [1.165, 1.54) is 25.7 Å².